The normalized spacial score (nSPS) is 24.7. The molecule has 1 heterocycles. The smallest absolute Gasteiger partial charge is 0.315 e. The molecule has 1 saturated carbocycles. The van der Waals surface area contributed by atoms with Crippen molar-refractivity contribution in [2.75, 3.05) is 19.6 Å². The Morgan fingerprint density at radius 2 is 1.86 bits per heavy atom. The van der Waals surface area contributed by atoms with E-state index in [1.165, 1.54) is 51.5 Å². The average Bonchev–Trinajstić information content (AvgIpc) is 2.53. The Morgan fingerprint density at radius 1 is 1.10 bits per heavy atom. The van der Waals surface area contributed by atoms with Crippen molar-refractivity contribution in [3.8, 4) is 0 Å². The molecule has 21 heavy (non-hydrogen) atoms. The minimum Gasteiger partial charge on any atom is -0.338 e. The zero-order chi connectivity index (χ0) is 14.9. The summed E-state index contributed by atoms with van der Waals surface area (Å²) in [4.78, 5) is 14.5. The fourth-order valence-electron chi connectivity index (χ4n) is 3.78. The van der Waals surface area contributed by atoms with Crippen LogP contribution in [-0.4, -0.2) is 42.6 Å². The van der Waals surface area contributed by atoms with Gasteiger partial charge in [0.15, 0.2) is 0 Å². The molecule has 4 heteroatoms. The van der Waals surface area contributed by atoms with Crippen LogP contribution >= 0.6 is 0 Å². The molecule has 2 fully saturated rings. The van der Waals surface area contributed by atoms with E-state index in [1.807, 2.05) is 0 Å². The van der Waals surface area contributed by atoms with E-state index in [9.17, 15) is 4.79 Å². The first-order chi connectivity index (χ1) is 10.3. The van der Waals surface area contributed by atoms with Gasteiger partial charge >= 0.3 is 6.03 Å². The van der Waals surface area contributed by atoms with E-state index in [4.69, 9.17) is 0 Å². The van der Waals surface area contributed by atoms with Crippen LogP contribution in [0.2, 0.25) is 0 Å². The molecule has 2 aliphatic rings. The second-order valence-electron chi connectivity index (χ2n) is 6.68. The van der Waals surface area contributed by atoms with Crippen molar-refractivity contribution in [1.29, 1.82) is 0 Å². The van der Waals surface area contributed by atoms with Gasteiger partial charge in [-0.05, 0) is 45.1 Å². The lowest BCUT2D eigenvalue weighted by atomic mass is 9.96. The molecule has 2 rings (SSSR count). The predicted molar refractivity (Wildman–Crippen MR) is 87.5 cm³/mol. The van der Waals surface area contributed by atoms with E-state index in [0.29, 0.717) is 6.04 Å². The summed E-state index contributed by atoms with van der Waals surface area (Å²) >= 11 is 0. The molecule has 0 aromatic heterocycles. The molecule has 2 amide bonds. The van der Waals surface area contributed by atoms with Gasteiger partial charge in [0.1, 0.15) is 0 Å². The van der Waals surface area contributed by atoms with E-state index in [1.54, 1.807) is 0 Å². The van der Waals surface area contributed by atoms with E-state index in [-0.39, 0.29) is 6.03 Å². The Kier molecular flexibility index (Phi) is 7.34. The van der Waals surface area contributed by atoms with Crippen molar-refractivity contribution in [3.05, 3.63) is 0 Å². The molecular formula is C17H33N3O. The molecule has 1 saturated heterocycles. The van der Waals surface area contributed by atoms with Crippen molar-refractivity contribution in [2.45, 2.75) is 83.2 Å². The highest BCUT2D eigenvalue weighted by Gasteiger charge is 2.20. The molecule has 1 aliphatic carbocycles. The highest BCUT2D eigenvalue weighted by Crippen LogP contribution is 2.19. The molecule has 1 aliphatic heterocycles. The number of hydrogen-bond donors (Lipinski definition) is 2. The number of carbonyl (C=O) groups is 1. The minimum absolute atomic E-state index is 0.0348. The van der Waals surface area contributed by atoms with Crippen molar-refractivity contribution in [1.82, 2.24) is 15.5 Å². The maximum Gasteiger partial charge on any atom is 0.315 e. The Bertz CT molecular complexity index is 302. The summed E-state index contributed by atoms with van der Waals surface area (Å²) in [6.07, 6.45) is 12.6. The number of rotatable bonds is 6. The summed E-state index contributed by atoms with van der Waals surface area (Å²) in [6.45, 7) is 5.46. The maximum atomic E-state index is 11.8. The number of urea groups is 1. The topological polar surface area (TPSA) is 44.4 Å². The van der Waals surface area contributed by atoms with Gasteiger partial charge in [0.25, 0.3) is 0 Å². The molecule has 0 aromatic rings. The van der Waals surface area contributed by atoms with Crippen LogP contribution in [0.1, 0.15) is 71.1 Å². The number of amides is 2. The molecule has 122 valence electrons. The molecule has 0 spiro atoms. The fourth-order valence-corrected chi connectivity index (χ4v) is 3.78. The van der Waals surface area contributed by atoms with Gasteiger partial charge < -0.3 is 15.5 Å². The fraction of sp³-hybridized carbons (Fsp3) is 0.941. The zero-order valence-electron chi connectivity index (χ0n) is 13.7. The van der Waals surface area contributed by atoms with Crippen LogP contribution in [0.4, 0.5) is 4.79 Å². The van der Waals surface area contributed by atoms with Gasteiger partial charge in [-0.15, -0.1) is 0 Å². The van der Waals surface area contributed by atoms with Gasteiger partial charge in [-0.1, -0.05) is 32.6 Å². The van der Waals surface area contributed by atoms with Crippen LogP contribution in [0.5, 0.6) is 0 Å². The molecule has 2 N–H and O–H groups in total. The third-order valence-corrected chi connectivity index (χ3v) is 5.07. The number of carbonyl (C=O) groups excluding carboxylic acids is 1. The Labute approximate surface area is 130 Å². The second-order valence-corrected chi connectivity index (χ2v) is 6.68. The Morgan fingerprint density at radius 3 is 2.62 bits per heavy atom. The summed E-state index contributed by atoms with van der Waals surface area (Å²) in [5, 5.41) is 6.14. The summed E-state index contributed by atoms with van der Waals surface area (Å²) in [6, 6.07) is 1.22. The van der Waals surface area contributed by atoms with E-state index in [0.717, 1.165) is 38.4 Å². The maximum absolute atomic E-state index is 11.8. The number of nitrogens with zero attached hydrogens (tertiary/aromatic N) is 1. The molecule has 4 nitrogen and oxygen atoms in total. The Hall–Kier alpha value is -0.770. The second kappa shape index (κ2) is 9.29. The monoisotopic (exact) mass is 295 g/mol. The lowest BCUT2D eigenvalue weighted by Gasteiger charge is -2.35. The van der Waals surface area contributed by atoms with E-state index in [2.05, 4.69) is 22.5 Å². The summed E-state index contributed by atoms with van der Waals surface area (Å²) in [7, 11) is 0. The first-order valence-electron chi connectivity index (χ1n) is 9.08. The molecule has 0 radical (unpaired) electrons. The van der Waals surface area contributed by atoms with Crippen LogP contribution in [-0.2, 0) is 0 Å². The van der Waals surface area contributed by atoms with Gasteiger partial charge in [0.05, 0.1) is 0 Å². The minimum atomic E-state index is 0.0348. The largest absolute Gasteiger partial charge is 0.338 e. The number of piperidine rings is 1. The standard InChI is InChI=1S/C17H33N3O/c1-2-16-11-6-7-13-20(16)14-8-12-18-17(21)19-15-9-4-3-5-10-15/h15-16H,2-14H2,1H3,(H2,18,19,21). The Balaban J connectivity index is 1.55. The third kappa shape index (κ3) is 5.85. The average molecular weight is 295 g/mol. The highest BCUT2D eigenvalue weighted by molar-refractivity contribution is 5.74. The number of hydrogen-bond acceptors (Lipinski definition) is 2. The van der Waals surface area contributed by atoms with Crippen LogP contribution in [0.25, 0.3) is 0 Å². The van der Waals surface area contributed by atoms with Gasteiger partial charge in [-0.2, -0.15) is 0 Å². The lowest BCUT2D eigenvalue weighted by molar-refractivity contribution is 0.142. The third-order valence-electron chi connectivity index (χ3n) is 5.07. The van der Waals surface area contributed by atoms with Crippen LogP contribution in [0, 0.1) is 0 Å². The zero-order valence-corrected chi connectivity index (χ0v) is 13.7. The van der Waals surface area contributed by atoms with E-state index < -0.39 is 0 Å². The molecule has 0 aromatic carbocycles. The predicted octanol–water partition coefficient (Wildman–Crippen LogP) is 3.27. The van der Waals surface area contributed by atoms with Crippen LogP contribution in [0.15, 0.2) is 0 Å². The van der Waals surface area contributed by atoms with Crippen molar-refractivity contribution in [2.24, 2.45) is 0 Å². The summed E-state index contributed by atoms with van der Waals surface area (Å²) in [5.74, 6) is 0. The van der Waals surface area contributed by atoms with Gasteiger partial charge in [0, 0.05) is 25.2 Å². The van der Waals surface area contributed by atoms with E-state index >= 15 is 0 Å². The van der Waals surface area contributed by atoms with Crippen molar-refractivity contribution in [3.63, 3.8) is 0 Å². The van der Waals surface area contributed by atoms with Gasteiger partial charge in [-0.3, -0.25) is 0 Å². The van der Waals surface area contributed by atoms with Crippen LogP contribution in [0.3, 0.4) is 0 Å². The van der Waals surface area contributed by atoms with Crippen molar-refractivity contribution < 1.29 is 4.79 Å². The molecule has 1 unspecified atom stereocenters. The summed E-state index contributed by atoms with van der Waals surface area (Å²) < 4.78 is 0. The number of nitrogens with one attached hydrogen (secondary N) is 2. The lowest BCUT2D eigenvalue weighted by Crippen LogP contribution is -2.44. The summed E-state index contributed by atoms with van der Waals surface area (Å²) in [5.41, 5.74) is 0. The quantitative estimate of drug-likeness (QED) is 0.739. The van der Waals surface area contributed by atoms with Crippen LogP contribution < -0.4 is 10.6 Å². The van der Waals surface area contributed by atoms with Gasteiger partial charge in [0.2, 0.25) is 0 Å². The van der Waals surface area contributed by atoms with Crippen molar-refractivity contribution >= 4 is 6.03 Å². The first kappa shape index (κ1) is 16.6. The highest BCUT2D eigenvalue weighted by atomic mass is 16.2. The molecular weight excluding hydrogens is 262 g/mol. The molecule has 1 atom stereocenters. The van der Waals surface area contributed by atoms with Gasteiger partial charge in [-0.25, -0.2) is 4.79 Å². The first-order valence-corrected chi connectivity index (χ1v) is 9.08. The number of likely N-dealkylation sites (tertiary alicyclic amines) is 1. The SMILES string of the molecule is CCC1CCCCN1CCCNC(=O)NC1CCCCC1. The molecule has 0 bridgehead atoms.